The fourth-order valence-electron chi connectivity index (χ4n) is 3.35. The van der Waals surface area contributed by atoms with Crippen LogP contribution in [0.3, 0.4) is 0 Å². The Kier molecular flexibility index (Phi) is 4.70. The number of aromatic nitrogens is 1. The molecule has 1 aromatic heterocycles. The van der Waals surface area contributed by atoms with Gasteiger partial charge in [0, 0.05) is 26.2 Å². The third kappa shape index (κ3) is 3.60. The molecule has 1 saturated heterocycles. The van der Waals surface area contributed by atoms with Crippen molar-refractivity contribution in [2.24, 2.45) is 0 Å². The number of piperazine rings is 1. The molecule has 0 atom stereocenters. The molecule has 140 valence electrons. The van der Waals surface area contributed by atoms with E-state index in [2.05, 4.69) is 36.2 Å². The van der Waals surface area contributed by atoms with Crippen molar-refractivity contribution in [3.63, 3.8) is 0 Å². The molecule has 0 unspecified atom stereocenters. The van der Waals surface area contributed by atoms with Crippen molar-refractivity contribution in [2.75, 3.05) is 36.4 Å². The van der Waals surface area contributed by atoms with Crippen molar-refractivity contribution in [1.82, 2.24) is 9.88 Å². The summed E-state index contributed by atoms with van der Waals surface area (Å²) in [6.45, 7) is 6.76. The minimum Gasteiger partial charge on any atom is -0.345 e. The molecule has 7 heteroatoms. The average Bonchev–Trinajstić information content (AvgIpc) is 3.08. The summed E-state index contributed by atoms with van der Waals surface area (Å²) in [4.78, 5) is 21.1. The number of thiazole rings is 1. The fourth-order valence-corrected chi connectivity index (χ4v) is 4.55. The molecule has 0 bridgehead atoms. The van der Waals surface area contributed by atoms with Gasteiger partial charge in [-0.15, -0.1) is 0 Å². The van der Waals surface area contributed by atoms with Gasteiger partial charge in [0.1, 0.15) is 5.82 Å². The van der Waals surface area contributed by atoms with Gasteiger partial charge in [0.15, 0.2) is 5.13 Å². The van der Waals surface area contributed by atoms with E-state index in [1.54, 1.807) is 34.4 Å². The molecule has 1 fully saturated rings. The van der Waals surface area contributed by atoms with Gasteiger partial charge in [0.2, 0.25) is 0 Å². The summed E-state index contributed by atoms with van der Waals surface area (Å²) in [7, 11) is 0. The Morgan fingerprint density at radius 3 is 2.63 bits per heavy atom. The molecule has 4 rings (SSSR count). The second kappa shape index (κ2) is 7.15. The Balaban J connectivity index is 1.42. The lowest BCUT2D eigenvalue weighted by Crippen LogP contribution is -2.50. The number of rotatable bonds is 2. The van der Waals surface area contributed by atoms with Crippen LogP contribution < -0.4 is 10.2 Å². The molecule has 2 aromatic carbocycles. The van der Waals surface area contributed by atoms with Crippen molar-refractivity contribution in [3.8, 4) is 0 Å². The number of urea groups is 1. The highest BCUT2D eigenvalue weighted by Crippen LogP contribution is 2.32. The molecule has 1 aliphatic rings. The Hall–Kier alpha value is -2.67. The number of benzene rings is 2. The van der Waals surface area contributed by atoms with Crippen LogP contribution in [0, 0.1) is 19.7 Å². The number of aryl methyl sites for hydroxylation is 2. The second-order valence-electron chi connectivity index (χ2n) is 6.81. The summed E-state index contributed by atoms with van der Waals surface area (Å²) < 4.78 is 14.9. The molecule has 5 nitrogen and oxygen atoms in total. The van der Waals surface area contributed by atoms with Crippen molar-refractivity contribution in [2.45, 2.75) is 13.8 Å². The summed E-state index contributed by atoms with van der Waals surface area (Å²) in [6, 6.07) is 10.3. The highest BCUT2D eigenvalue weighted by atomic mass is 32.1. The van der Waals surface area contributed by atoms with Gasteiger partial charge in [0.05, 0.1) is 15.9 Å². The number of carbonyl (C=O) groups excluding carboxylic acids is 1. The molecule has 0 aliphatic carbocycles. The van der Waals surface area contributed by atoms with Crippen LogP contribution in [-0.2, 0) is 0 Å². The first-order valence-electron chi connectivity index (χ1n) is 8.94. The lowest BCUT2D eigenvalue weighted by molar-refractivity contribution is 0.208. The van der Waals surface area contributed by atoms with E-state index in [0.29, 0.717) is 26.2 Å². The molecule has 3 aromatic rings. The van der Waals surface area contributed by atoms with Gasteiger partial charge < -0.3 is 15.1 Å². The molecular weight excluding hydrogens is 363 g/mol. The maximum Gasteiger partial charge on any atom is 0.322 e. The first-order chi connectivity index (χ1) is 13.0. The van der Waals surface area contributed by atoms with Gasteiger partial charge in [-0.3, -0.25) is 0 Å². The van der Waals surface area contributed by atoms with Crippen LogP contribution in [0.2, 0.25) is 0 Å². The van der Waals surface area contributed by atoms with Crippen LogP contribution in [0.15, 0.2) is 36.4 Å². The monoisotopic (exact) mass is 384 g/mol. The predicted molar refractivity (Wildman–Crippen MR) is 108 cm³/mol. The van der Waals surface area contributed by atoms with Gasteiger partial charge in [-0.2, -0.15) is 0 Å². The first-order valence-corrected chi connectivity index (χ1v) is 9.76. The summed E-state index contributed by atoms with van der Waals surface area (Å²) in [5, 5.41) is 3.64. The standard InChI is InChI=1S/C20H21FN4OS/c1-13-11-14(2)18-17(12-13)27-20(23-18)25-9-7-24(8-10-25)19(26)22-16-6-4-3-5-15(16)21/h3-6,11-12H,7-10H2,1-2H3,(H,22,26). The molecule has 0 saturated carbocycles. The molecule has 0 radical (unpaired) electrons. The fraction of sp³-hybridized carbons (Fsp3) is 0.300. The van der Waals surface area contributed by atoms with Crippen molar-refractivity contribution < 1.29 is 9.18 Å². The molecule has 27 heavy (non-hydrogen) atoms. The van der Waals surface area contributed by atoms with Gasteiger partial charge >= 0.3 is 6.03 Å². The van der Waals surface area contributed by atoms with E-state index < -0.39 is 5.82 Å². The highest BCUT2D eigenvalue weighted by molar-refractivity contribution is 7.22. The molecule has 2 amide bonds. The minimum absolute atomic E-state index is 0.210. The number of amides is 2. The van der Waals surface area contributed by atoms with E-state index in [9.17, 15) is 9.18 Å². The molecular formula is C20H21FN4OS. The average molecular weight is 384 g/mol. The zero-order valence-corrected chi connectivity index (χ0v) is 16.1. The molecule has 1 N–H and O–H groups in total. The Bertz CT molecular complexity index is 995. The third-order valence-electron chi connectivity index (χ3n) is 4.77. The zero-order chi connectivity index (χ0) is 19.0. The first kappa shape index (κ1) is 17.7. The Morgan fingerprint density at radius 1 is 1.15 bits per heavy atom. The van der Waals surface area contributed by atoms with E-state index >= 15 is 0 Å². The normalized spacial score (nSPS) is 14.6. The minimum atomic E-state index is -0.426. The summed E-state index contributed by atoms with van der Waals surface area (Å²) >= 11 is 1.69. The molecule has 2 heterocycles. The van der Waals surface area contributed by atoms with E-state index in [4.69, 9.17) is 4.98 Å². The van der Waals surface area contributed by atoms with E-state index in [1.165, 1.54) is 21.9 Å². The maximum absolute atomic E-state index is 13.7. The van der Waals surface area contributed by atoms with Crippen molar-refractivity contribution >= 4 is 38.4 Å². The Labute approximate surface area is 161 Å². The Morgan fingerprint density at radius 2 is 1.89 bits per heavy atom. The lowest BCUT2D eigenvalue weighted by atomic mass is 10.1. The highest BCUT2D eigenvalue weighted by Gasteiger charge is 2.24. The number of hydrogen-bond acceptors (Lipinski definition) is 4. The van der Waals surface area contributed by atoms with Crippen LogP contribution in [0.1, 0.15) is 11.1 Å². The number of nitrogens with one attached hydrogen (secondary N) is 1. The van der Waals surface area contributed by atoms with Crippen molar-refractivity contribution in [1.29, 1.82) is 0 Å². The molecule has 1 aliphatic heterocycles. The number of halogens is 1. The maximum atomic E-state index is 13.7. The predicted octanol–water partition coefficient (Wildman–Crippen LogP) is 4.41. The number of hydrogen-bond donors (Lipinski definition) is 1. The number of para-hydroxylation sites is 1. The van der Waals surface area contributed by atoms with Gasteiger partial charge in [0.25, 0.3) is 0 Å². The van der Waals surface area contributed by atoms with Gasteiger partial charge in [-0.25, -0.2) is 14.2 Å². The van der Waals surface area contributed by atoms with Crippen LogP contribution in [0.4, 0.5) is 20.0 Å². The van der Waals surface area contributed by atoms with E-state index in [-0.39, 0.29) is 11.7 Å². The van der Waals surface area contributed by atoms with Crippen LogP contribution in [0.25, 0.3) is 10.2 Å². The molecule has 0 spiro atoms. The van der Waals surface area contributed by atoms with E-state index in [1.807, 2.05) is 0 Å². The third-order valence-corrected chi connectivity index (χ3v) is 5.83. The van der Waals surface area contributed by atoms with Crippen molar-refractivity contribution in [3.05, 3.63) is 53.3 Å². The van der Waals surface area contributed by atoms with Crippen LogP contribution in [-0.4, -0.2) is 42.1 Å². The van der Waals surface area contributed by atoms with Crippen LogP contribution in [0.5, 0.6) is 0 Å². The largest absolute Gasteiger partial charge is 0.345 e. The number of anilines is 2. The second-order valence-corrected chi connectivity index (χ2v) is 7.82. The quantitative estimate of drug-likeness (QED) is 0.712. The summed E-state index contributed by atoms with van der Waals surface area (Å²) in [5.41, 5.74) is 3.70. The van der Waals surface area contributed by atoms with Gasteiger partial charge in [-0.1, -0.05) is 29.5 Å². The number of nitrogens with zero attached hydrogens (tertiary/aromatic N) is 3. The summed E-state index contributed by atoms with van der Waals surface area (Å²) in [5.74, 6) is -0.426. The zero-order valence-electron chi connectivity index (χ0n) is 15.3. The number of carbonyl (C=O) groups is 1. The lowest BCUT2D eigenvalue weighted by Gasteiger charge is -2.34. The van der Waals surface area contributed by atoms with E-state index in [0.717, 1.165) is 10.6 Å². The summed E-state index contributed by atoms with van der Waals surface area (Å²) in [6.07, 6.45) is 0. The smallest absolute Gasteiger partial charge is 0.322 e. The van der Waals surface area contributed by atoms with Gasteiger partial charge in [-0.05, 0) is 43.2 Å². The topological polar surface area (TPSA) is 48.5 Å². The van der Waals surface area contributed by atoms with Crippen LogP contribution >= 0.6 is 11.3 Å². The SMILES string of the molecule is Cc1cc(C)c2nc(N3CCN(C(=O)Nc4ccccc4F)CC3)sc2c1. The number of fused-ring (bicyclic) bond motifs is 1.